The zero-order valence-corrected chi connectivity index (χ0v) is 12.6. The first-order valence-electron chi connectivity index (χ1n) is 7.91. The fourth-order valence-electron chi connectivity index (χ4n) is 3.24. The number of nitrogens with zero attached hydrogens (tertiary/aromatic N) is 1. The summed E-state index contributed by atoms with van der Waals surface area (Å²) in [6, 6.07) is 23.6. The van der Waals surface area contributed by atoms with E-state index in [1.54, 1.807) is 0 Å². The number of hydrogen-bond acceptors (Lipinski definition) is 1. The maximum atomic E-state index is 3.61. The first kappa shape index (κ1) is 13.4. The van der Waals surface area contributed by atoms with Crippen molar-refractivity contribution in [1.29, 1.82) is 0 Å². The molecule has 2 aromatic carbocycles. The van der Waals surface area contributed by atoms with Crippen molar-refractivity contribution in [3.8, 4) is 11.3 Å². The van der Waals surface area contributed by atoms with E-state index in [0.717, 1.165) is 26.1 Å². The average Bonchev–Trinajstić information content (AvgIpc) is 3.00. The molecule has 0 saturated carbocycles. The van der Waals surface area contributed by atoms with Crippen LogP contribution in [-0.4, -0.2) is 16.4 Å². The van der Waals surface area contributed by atoms with Crippen LogP contribution in [0.3, 0.4) is 0 Å². The van der Waals surface area contributed by atoms with Crippen molar-refractivity contribution >= 4 is 0 Å². The maximum Gasteiger partial charge on any atom is 0.0459 e. The van der Waals surface area contributed by atoms with Gasteiger partial charge in [-0.15, -0.1) is 0 Å². The summed E-state index contributed by atoms with van der Waals surface area (Å²) in [5, 5.41) is 0. The highest BCUT2D eigenvalue weighted by atomic mass is 15.1. The van der Waals surface area contributed by atoms with E-state index >= 15 is 0 Å². The van der Waals surface area contributed by atoms with Gasteiger partial charge in [-0.05, 0) is 22.8 Å². The minimum atomic E-state index is 1.03. The molecule has 22 heavy (non-hydrogen) atoms. The third-order valence-electron chi connectivity index (χ3n) is 4.40. The second-order valence-electron chi connectivity index (χ2n) is 6.00. The molecule has 0 bridgehead atoms. The Morgan fingerprint density at radius 3 is 2.41 bits per heavy atom. The summed E-state index contributed by atoms with van der Waals surface area (Å²) < 4.78 is 0. The van der Waals surface area contributed by atoms with Crippen molar-refractivity contribution in [2.45, 2.75) is 19.5 Å². The molecule has 0 unspecified atom stereocenters. The molecule has 4 rings (SSSR count). The van der Waals surface area contributed by atoms with E-state index in [0.29, 0.717) is 0 Å². The van der Waals surface area contributed by atoms with Crippen LogP contribution in [0.4, 0.5) is 0 Å². The van der Waals surface area contributed by atoms with Crippen molar-refractivity contribution in [2.75, 3.05) is 6.54 Å². The van der Waals surface area contributed by atoms with Crippen molar-refractivity contribution in [3.05, 3.63) is 83.6 Å². The minimum absolute atomic E-state index is 1.03. The molecule has 0 fully saturated rings. The predicted molar refractivity (Wildman–Crippen MR) is 90.5 cm³/mol. The number of nitrogens with one attached hydrogen (secondary N) is 1. The number of aromatic amines is 1. The molecule has 0 amide bonds. The SMILES string of the molecule is c1ccc(CN2CCc3[nH]c(-c4ccccc4)cc3C2)cc1. The van der Waals surface area contributed by atoms with Crippen LogP contribution in [0.1, 0.15) is 16.8 Å². The Kier molecular flexibility index (Phi) is 3.53. The number of benzene rings is 2. The summed E-state index contributed by atoms with van der Waals surface area (Å²) in [6.45, 7) is 3.19. The third kappa shape index (κ3) is 2.70. The zero-order chi connectivity index (χ0) is 14.8. The van der Waals surface area contributed by atoms with Gasteiger partial charge in [-0.1, -0.05) is 60.7 Å². The molecule has 2 heteroatoms. The van der Waals surface area contributed by atoms with Gasteiger partial charge in [0.05, 0.1) is 0 Å². The van der Waals surface area contributed by atoms with E-state index in [1.165, 1.54) is 28.1 Å². The van der Waals surface area contributed by atoms with Gasteiger partial charge in [-0.25, -0.2) is 0 Å². The largest absolute Gasteiger partial charge is 0.358 e. The molecule has 0 saturated heterocycles. The monoisotopic (exact) mass is 288 g/mol. The molecule has 1 aliphatic heterocycles. The summed E-state index contributed by atoms with van der Waals surface area (Å²) in [7, 11) is 0. The smallest absolute Gasteiger partial charge is 0.0459 e. The lowest BCUT2D eigenvalue weighted by Gasteiger charge is -2.26. The lowest BCUT2D eigenvalue weighted by atomic mass is 10.1. The van der Waals surface area contributed by atoms with E-state index in [1.807, 2.05) is 0 Å². The predicted octanol–water partition coefficient (Wildman–Crippen LogP) is 4.24. The molecule has 110 valence electrons. The Hall–Kier alpha value is -2.32. The molecule has 0 atom stereocenters. The van der Waals surface area contributed by atoms with Crippen LogP contribution in [0, 0.1) is 0 Å². The molecule has 3 aromatic rings. The molecule has 0 aliphatic carbocycles. The van der Waals surface area contributed by atoms with Crippen molar-refractivity contribution in [2.24, 2.45) is 0 Å². The Balaban J connectivity index is 1.53. The van der Waals surface area contributed by atoms with Crippen molar-refractivity contribution < 1.29 is 0 Å². The van der Waals surface area contributed by atoms with E-state index in [4.69, 9.17) is 0 Å². The van der Waals surface area contributed by atoms with Crippen molar-refractivity contribution in [3.63, 3.8) is 0 Å². The first-order chi connectivity index (χ1) is 10.9. The van der Waals surface area contributed by atoms with E-state index < -0.39 is 0 Å². The third-order valence-corrected chi connectivity index (χ3v) is 4.40. The highest BCUT2D eigenvalue weighted by Crippen LogP contribution is 2.26. The number of H-pyrrole nitrogens is 1. The van der Waals surface area contributed by atoms with Crippen LogP contribution in [0.5, 0.6) is 0 Å². The number of rotatable bonds is 3. The molecule has 1 aromatic heterocycles. The summed E-state index contributed by atoms with van der Waals surface area (Å²) in [5.74, 6) is 0. The highest BCUT2D eigenvalue weighted by Gasteiger charge is 2.19. The second kappa shape index (κ2) is 5.82. The van der Waals surface area contributed by atoms with E-state index in [9.17, 15) is 0 Å². The molecule has 0 spiro atoms. The quantitative estimate of drug-likeness (QED) is 0.763. The van der Waals surface area contributed by atoms with Crippen molar-refractivity contribution in [1.82, 2.24) is 9.88 Å². The Morgan fingerprint density at radius 2 is 1.64 bits per heavy atom. The summed E-state index contributed by atoms with van der Waals surface area (Å²) >= 11 is 0. The molecule has 0 radical (unpaired) electrons. The van der Waals surface area contributed by atoms with Gasteiger partial charge < -0.3 is 4.98 Å². The van der Waals surface area contributed by atoms with E-state index in [2.05, 4.69) is 76.6 Å². The number of fused-ring (bicyclic) bond motifs is 1. The van der Waals surface area contributed by atoms with Gasteiger partial charge in [0.1, 0.15) is 0 Å². The van der Waals surface area contributed by atoms with Crippen LogP contribution in [0.15, 0.2) is 66.7 Å². The first-order valence-corrected chi connectivity index (χ1v) is 7.91. The molecule has 1 N–H and O–H groups in total. The Morgan fingerprint density at radius 1 is 0.909 bits per heavy atom. The number of aromatic nitrogens is 1. The van der Waals surface area contributed by atoms with Gasteiger partial charge >= 0.3 is 0 Å². The van der Waals surface area contributed by atoms with Gasteiger partial charge in [0.15, 0.2) is 0 Å². The van der Waals surface area contributed by atoms with Crippen LogP contribution < -0.4 is 0 Å². The molecule has 1 aliphatic rings. The van der Waals surface area contributed by atoms with Crippen LogP contribution >= 0.6 is 0 Å². The Labute approximate surface area is 131 Å². The Bertz CT molecular complexity index is 744. The van der Waals surface area contributed by atoms with Crippen LogP contribution in [0.2, 0.25) is 0 Å². The normalized spacial score (nSPS) is 14.7. The van der Waals surface area contributed by atoms with Crippen LogP contribution in [-0.2, 0) is 19.5 Å². The van der Waals surface area contributed by atoms with Gasteiger partial charge in [0, 0.05) is 37.4 Å². The fourth-order valence-corrected chi connectivity index (χ4v) is 3.24. The summed E-state index contributed by atoms with van der Waals surface area (Å²) in [4.78, 5) is 6.14. The average molecular weight is 288 g/mol. The molecule has 2 heterocycles. The zero-order valence-electron chi connectivity index (χ0n) is 12.6. The summed E-state index contributed by atoms with van der Waals surface area (Å²) in [6.07, 6.45) is 1.11. The fraction of sp³-hybridized carbons (Fsp3) is 0.200. The molecule has 2 nitrogen and oxygen atoms in total. The highest BCUT2D eigenvalue weighted by molar-refractivity contribution is 5.61. The van der Waals surface area contributed by atoms with Gasteiger partial charge in [-0.3, -0.25) is 4.90 Å². The van der Waals surface area contributed by atoms with Crippen LogP contribution in [0.25, 0.3) is 11.3 Å². The molecular formula is C20H20N2. The summed E-state index contributed by atoms with van der Waals surface area (Å²) in [5.41, 5.74) is 6.76. The lowest BCUT2D eigenvalue weighted by molar-refractivity contribution is 0.245. The second-order valence-corrected chi connectivity index (χ2v) is 6.00. The standard InChI is InChI=1S/C20H20N2/c1-3-7-16(8-4-1)14-22-12-11-19-18(15-22)13-20(21-19)17-9-5-2-6-10-17/h1-10,13,21H,11-12,14-15H2. The maximum absolute atomic E-state index is 3.61. The van der Waals surface area contributed by atoms with Gasteiger partial charge in [-0.2, -0.15) is 0 Å². The van der Waals surface area contributed by atoms with E-state index in [-0.39, 0.29) is 0 Å². The lowest BCUT2D eigenvalue weighted by Crippen LogP contribution is -2.29. The molecular weight excluding hydrogens is 268 g/mol. The van der Waals surface area contributed by atoms with Gasteiger partial charge in [0.25, 0.3) is 0 Å². The minimum Gasteiger partial charge on any atom is -0.358 e. The number of hydrogen-bond donors (Lipinski definition) is 1. The van der Waals surface area contributed by atoms with Gasteiger partial charge in [0.2, 0.25) is 0 Å². The topological polar surface area (TPSA) is 19.0 Å².